The van der Waals surface area contributed by atoms with Gasteiger partial charge >= 0.3 is 0 Å². The van der Waals surface area contributed by atoms with Gasteiger partial charge in [-0.2, -0.15) is 0 Å². The number of likely N-dealkylation sites (N-methyl/N-ethyl adjacent to an activating group) is 1. The quantitative estimate of drug-likeness (QED) is 0.345. The van der Waals surface area contributed by atoms with E-state index in [9.17, 15) is 19.5 Å². The lowest BCUT2D eigenvalue weighted by Crippen LogP contribution is -2.39. The van der Waals surface area contributed by atoms with E-state index in [1.165, 1.54) is 13.2 Å². The number of nitrogens with zero attached hydrogens (tertiary/aromatic N) is 2. The van der Waals surface area contributed by atoms with Crippen molar-refractivity contribution >= 4 is 52.3 Å². The smallest absolute Gasteiger partial charge is 0.262 e. The third kappa shape index (κ3) is 6.22. The minimum Gasteiger partial charge on any atom is -0.496 e. The lowest BCUT2D eigenvalue weighted by Gasteiger charge is -2.31. The molecule has 0 saturated carbocycles. The summed E-state index contributed by atoms with van der Waals surface area (Å²) in [6.07, 6.45) is 2.43. The summed E-state index contributed by atoms with van der Waals surface area (Å²) in [5, 5.41) is 13.2. The summed E-state index contributed by atoms with van der Waals surface area (Å²) in [5.74, 6) is 1.29. The molecule has 208 valence electrons. The Labute approximate surface area is 242 Å². The monoisotopic (exact) mass is 581 g/mol. The number of benzene rings is 3. The van der Waals surface area contributed by atoms with E-state index in [-0.39, 0.29) is 24.0 Å². The number of amides is 2. The van der Waals surface area contributed by atoms with Gasteiger partial charge in [0.2, 0.25) is 0 Å². The van der Waals surface area contributed by atoms with Gasteiger partial charge in [-0.15, -0.1) is 0 Å². The maximum atomic E-state index is 14.2. The van der Waals surface area contributed by atoms with Gasteiger partial charge in [0.05, 0.1) is 35.9 Å². The molecule has 2 unspecified atom stereocenters. The molecule has 40 heavy (non-hydrogen) atoms. The van der Waals surface area contributed by atoms with Crippen molar-refractivity contribution in [1.29, 1.82) is 0 Å². The van der Waals surface area contributed by atoms with E-state index in [2.05, 4.69) is 5.32 Å². The molecule has 0 aliphatic carbocycles. The zero-order valence-electron chi connectivity index (χ0n) is 22.1. The second-order valence-corrected chi connectivity index (χ2v) is 10.2. The molecule has 0 aromatic heterocycles. The molecule has 2 N–H and O–H groups in total. The van der Waals surface area contributed by atoms with Crippen LogP contribution < -0.4 is 15.0 Å². The molecule has 1 aliphatic rings. The van der Waals surface area contributed by atoms with Crippen molar-refractivity contribution < 1.29 is 24.2 Å². The van der Waals surface area contributed by atoms with Crippen molar-refractivity contribution in [2.75, 3.05) is 37.5 Å². The number of aliphatic hydroxyl groups is 1. The van der Waals surface area contributed by atoms with Gasteiger partial charge in [-0.3, -0.25) is 14.5 Å². The first-order valence-electron chi connectivity index (χ1n) is 12.7. The van der Waals surface area contributed by atoms with Crippen molar-refractivity contribution in [2.24, 2.45) is 0 Å². The second-order valence-electron chi connectivity index (χ2n) is 9.38. The van der Waals surface area contributed by atoms with Crippen LogP contribution in [0.1, 0.15) is 45.2 Å². The first-order chi connectivity index (χ1) is 19.3. The maximum Gasteiger partial charge on any atom is 0.262 e. The summed E-state index contributed by atoms with van der Waals surface area (Å²) in [6, 6.07) is 16.0. The Morgan fingerprint density at radius 1 is 1.12 bits per heavy atom. The fourth-order valence-electron chi connectivity index (χ4n) is 4.99. The minimum absolute atomic E-state index is 0.0280. The number of hydrogen-bond donors (Lipinski definition) is 2. The third-order valence-corrected chi connectivity index (χ3v) is 7.51. The molecule has 10 heteroatoms. The number of carbonyl (C=O) groups is 2. The number of rotatable bonds is 8. The Morgan fingerprint density at radius 3 is 2.60 bits per heavy atom. The number of fused-ring (bicyclic) bond motifs is 1. The molecule has 3 aromatic carbocycles. The number of aliphatic hydroxyl groups excluding tert-OH is 1. The highest BCUT2D eigenvalue weighted by atomic mass is 35.5. The highest BCUT2D eigenvalue weighted by Gasteiger charge is 2.35. The Kier molecular flexibility index (Phi) is 9.63. The third-order valence-electron chi connectivity index (χ3n) is 6.95. The SMILES string of the molecule is COc1cc(NC(=O)c2ccccc2Cl)ccc1C(=O)N1c2ccc(Cl)cc2C(N(C)CCO)CCC1C=C=O. The first kappa shape index (κ1) is 29.3. The number of nitrogens with one attached hydrogen (secondary N) is 1. The van der Waals surface area contributed by atoms with Crippen molar-refractivity contribution in [3.63, 3.8) is 0 Å². The van der Waals surface area contributed by atoms with E-state index in [0.29, 0.717) is 46.4 Å². The van der Waals surface area contributed by atoms with Crippen LogP contribution in [-0.4, -0.2) is 61.1 Å². The zero-order chi connectivity index (χ0) is 28.8. The molecule has 0 saturated heterocycles. The van der Waals surface area contributed by atoms with Gasteiger partial charge in [-0.25, -0.2) is 4.79 Å². The summed E-state index contributed by atoms with van der Waals surface area (Å²) in [5.41, 5.74) is 2.37. The van der Waals surface area contributed by atoms with E-state index in [0.717, 1.165) is 5.56 Å². The van der Waals surface area contributed by atoms with Crippen LogP contribution >= 0.6 is 23.2 Å². The highest BCUT2D eigenvalue weighted by molar-refractivity contribution is 6.34. The molecule has 0 spiro atoms. The topological polar surface area (TPSA) is 99.2 Å². The van der Waals surface area contributed by atoms with Crippen molar-refractivity contribution in [3.8, 4) is 5.75 Å². The molecule has 4 rings (SSSR count). The van der Waals surface area contributed by atoms with Gasteiger partial charge < -0.3 is 20.1 Å². The van der Waals surface area contributed by atoms with Crippen LogP contribution in [-0.2, 0) is 4.79 Å². The van der Waals surface area contributed by atoms with Gasteiger partial charge in [-0.1, -0.05) is 35.3 Å². The van der Waals surface area contributed by atoms with Crippen molar-refractivity contribution in [1.82, 2.24) is 4.90 Å². The molecule has 2 atom stereocenters. The molecule has 1 heterocycles. The van der Waals surface area contributed by atoms with Gasteiger partial charge in [0.25, 0.3) is 11.8 Å². The maximum absolute atomic E-state index is 14.2. The Balaban J connectivity index is 1.74. The molecule has 3 aromatic rings. The van der Waals surface area contributed by atoms with E-state index in [1.807, 2.05) is 24.0 Å². The number of ether oxygens (including phenoxy) is 1. The standard InChI is InChI=1S/C30H29Cl2N3O5/c1-34(14-16-37)26-12-9-21(13-15-36)35(27-11-7-19(31)17-24(26)27)30(39)23-10-8-20(18-28(23)40-2)33-29(38)22-5-3-4-6-25(22)32/h3-8,10-11,13,17-18,21,26,37H,9,12,14,16H2,1-2H3,(H,33,38). The molecule has 0 bridgehead atoms. The number of anilines is 2. The average Bonchev–Trinajstić information content (AvgIpc) is 3.09. The van der Waals surface area contributed by atoms with Gasteiger partial charge in [0.1, 0.15) is 11.7 Å². The molecule has 2 amide bonds. The van der Waals surface area contributed by atoms with E-state index in [1.54, 1.807) is 59.5 Å². The zero-order valence-corrected chi connectivity index (χ0v) is 23.6. The average molecular weight is 582 g/mol. The van der Waals surface area contributed by atoms with Crippen LogP contribution in [0.5, 0.6) is 5.75 Å². The minimum atomic E-state index is -0.582. The number of halogens is 2. The summed E-state index contributed by atoms with van der Waals surface area (Å²) in [6.45, 7) is 0.397. The van der Waals surface area contributed by atoms with Crippen molar-refractivity contribution in [2.45, 2.75) is 24.9 Å². The molecule has 1 aliphatic heterocycles. The second kappa shape index (κ2) is 13.1. The van der Waals surface area contributed by atoms with Crippen LogP contribution in [0.25, 0.3) is 0 Å². The fraction of sp³-hybridized carbons (Fsp3) is 0.267. The van der Waals surface area contributed by atoms with Crippen LogP contribution in [0.2, 0.25) is 10.0 Å². The summed E-state index contributed by atoms with van der Waals surface area (Å²) >= 11 is 12.5. The van der Waals surface area contributed by atoms with E-state index in [4.69, 9.17) is 27.9 Å². The van der Waals surface area contributed by atoms with Crippen LogP contribution in [0, 0.1) is 0 Å². The molecule has 8 nitrogen and oxygen atoms in total. The Hall–Kier alpha value is -3.65. The number of hydrogen-bond acceptors (Lipinski definition) is 6. The lowest BCUT2D eigenvalue weighted by molar-refractivity contribution is 0.0976. The van der Waals surface area contributed by atoms with Crippen LogP contribution in [0.3, 0.4) is 0 Å². The number of carbonyl (C=O) groups excluding carboxylic acids is 3. The Morgan fingerprint density at radius 2 is 1.90 bits per heavy atom. The highest BCUT2D eigenvalue weighted by Crippen LogP contribution is 2.41. The van der Waals surface area contributed by atoms with Gasteiger partial charge in [0, 0.05) is 41.1 Å². The summed E-state index contributed by atoms with van der Waals surface area (Å²) < 4.78 is 5.56. The normalized spacial score (nSPS) is 16.5. The van der Waals surface area contributed by atoms with E-state index >= 15 is 0 Å². The predicted octanol–water partition coefficient (Wildman–Crippen LogP) is 5.42. The molecule has 0 radical (unpaired) electrons. The largest absolute Gasteiger partial charge is 0.496 e. The molecular formula is C30H29Cl2N3O5. The number of methoxy groups -OCH3 is 1. The molecule has 0 fully saturated rings. The summed E-state index contributed by atoms with van der Waals surface area (Å²) in [4.78, 5) is 42.0. The van der Waals surface area contributed by atoms with Crippen LogP contribution in [0.4, 0.5) is 11.4 Å². The molecular weight excluding hydrogens is 553 g/mol. The predicted molar refractivity (Wildman–Crippen MR) is 156 cm³/mol. The lowest BCUT2D eigenvalue weighted by atomic mass is 9.99. The fourth-order valence-corrected chi connectivity index (χ4v) is 5.39. The first-order valence-corrected chi connectivity index (χ1v) is 13.4. The van der Waals surface area contributed by atoms with Crippen LogP contribution in [0.15, 0.2) is 66.7 Å². The summed E-state index contributed by atoms with van der Waals surface area (Å²) in [7, 11) is 3.33. The van der Waals surface area contributed by atoms with Gasteiger partial charge in [0.15, 0.2) is 0 Å². The van der Waals surface area contributed by atoms with Gasteiger partial charge in [-0.05, 0) is 67.9 Å². The van der Waals surface area contributed by atoms with E-state index < -0.39 is 17.9 Å². The van der Waals surface area contributed by atoms with Crippen molar-refractivity contribution in [3.05, 3.63) is 93.5 Å². The Bertz CT molecular complexity index is 1460.